The van der Waals surface area contributed by atoms with Crippen LogP contribution >= 0.6 is 0 Å². The fourth-order valence-electron chi connectivity index (χ4n) is 26.6. The second kappa shape index (κ2) is 22.5. The van der Waals surface area contributed by atoms with Crippen molar-refractivity contribution in [1.29, 1.82) is 0 Å². The molecule has 0 fully saturated rings. The third-order valence-corrected chi connectivity index (χ3v) is 30.6. The topological polar surface area (TPSA) is 11.4 Å². The lowest BCUT2D eigenvalue weighted by atomic mass is 9.33. The summed E-state index contributed by atoms with van der Waals surface area (Å²) in [4.78, 5) is 5.67. The average Bonchev–Trinajstić information content (AvgIpc) is 1.49. The lowest BCUT2D eigenvalue weighted by Gasteiger charge is -2.47. The monoisotopic (exact) mass is 1540 g/mol. The largest absolute Gasteiger partial charge is 0.311 e. The molecule has 1 aromatic heterocycles. The number of hydrogen-bond acceptors (Lipinski definition) is 2. The molecule has 0 saturated heterocycles. The first kappa shape index (κ1) is 64.7. The fourth-order valence-corrected chi connectivity index (χ4v) is 26.6. The molecular formula is C118H68BN3. The maximum atomic E-state index is 2.84. The Morgan fingerprint density at radius 3 is 0.967 bits per heavy atom. The molecule has 8 aliphatic carbocycles. The molecular weight excluding hydrogens is 1470 g/mol. The molecule has 3 heterocycles. The molecule has 0 radical (unpaired) electrons. The number of anilines is 6. The highest BCUT2D eigenvalue weighted by Crippen LogP contribution is 2.71. The van der Waals surface area contributed by atoms with E-state index in [1.165, 1.54) is 217 Å². The van der Waals surface area contributed by atoms with Crippen molar-refractivity contribution in [3.8, 4) is 94.7 Å². The van der Waals surface area contributed by atoms with Crippen molar-refractivity contribution in [3.63, 3.8) is 0 Å². The Morgan fingerprint density at radius 1 is 0.189 bits per heavy atom. The first-order chi connectivity index (χ1) is 60.6. The van der Waals surface area contributed by atoms with Gasteiger partial charge in [0.1, 0.15) is 0 Å². The SMILES string of the molecule is c1ccc2c(c1)-c1ccccc1C21c2ccccc2-c2ccc(N3c4cc(-n5c6ccccc6c6ccccc65)cc5c4B(c4cc6c(cc4N5c4cccc5c4C4(c7ccccc7-c7ccccc74)c4ccccc4-5)C4(c5ccccc5-c5ccccc54)c4ccccc4-6)c4ccc5c(c43)-c3ccccc3C53c4ccccc4-c4ccccc43)cc21. The van der Waals surface area contributed by atoms with E-state index >= 15 is 0 Å². The van der Waals surface area contributed by atoms with Crippen LogP contribution in [-0.2, 0) is 21.7 Å². The van der Waals surface area contributed by atoms with E-state index in [0.29, 0.717) is 0 Å². The van der Waals surface area contributed by atoms with Gasteiger partial charge in [-0.05, 0) is 232 Å². The Hall–Kier alpha value is -15.4. The Kier molecular flexibility index (Phi) is 11.9. The molecule has 2 aliphatic heterocycles. The van der Waals surface area contributed by atoms with E-state index in [1.807, 2.05) is 0 Å². The Labute approximate surface area is 706 Å². The second-order valence-corrected chi connectivity index (χ2v) is 35.2. The first-order valence-electron chi connectivity index (χ1n) is 43.2. The van der Waals surface area contributed by atoms with E-state index in [-0.39, 0.29) is 6.71 Å². The Balaban J connectivity index is 0.805. The van der Waals surface area contributed by atoms with Crippen LogP contribution in [0.4, 0.5) is 34.1 Å². The van der Waals surface area contributed by atoms with Gasteiger partial charge in [0.15, 0.2) is 0 Å². The molecule has 19 aromatic carbocycles. The molecule has 4 spiro atoms. The van der Waals surface area contributed by atoms with Crippen molar-refractivity contribution in [3.05, 3.63) is 502 Å². The van der Waals surface area contributed by atoms with Gasteiger partial charge in [0.25, 0.3) is 6.71 Å². The highest BCUT2D eigenvalue weighted by molar-refractivity contribution is 7.00. The van der Waals surface area contributed by atoms with Crippen LogP contribution in [-0.4, -0.2) is 11.3 Å². The number of aromatic nitrogens is 1. The highest BCUT2D eigenvalue weighted by Gasteiger charge is 2.60. The molecule has 10 aliphatic rings. The highest BCUT2D eigenvalue weighted by atomic mass is 15.2. The molecule has 0 bridgehead atoms. The van der Waals surface area contributed by atoms with Crippen molar-refractivity contribution < 1.29 is 0 Å². The van der Waals surface area contributed by atoms with Gasteiger partial charge in [0.05, 0.1) is 44.1 Å². The number of para-hydroxylation sites is 2. The number of hydrogen-bond donors (Lipinski definition) is 0. The fraction of sp³-hybridized carbons (Fsp3) is 0.0339. The molecule has 3 nitrogen and oxygen atoms in total. The van der Waals surface area contributed by atoms with E-state index < -0.39 is 21.7 Å². The summed E-state index contributed by atoms with van der Waals surface area (Å²) in [6, 6.07) is 162. The minimum atomic E-state index is -0.732. The van der Waals surface area contributed by atoms with Gasteiger partial charge >= 0.3 is 0 Å². The number of rotatable bonds is 3. The number of nitrogens with zero attached hydrogens (tertiary/aromatic N) is 3. The smallest absolute Gasteiger partial charge is 0.252 e. The zero-order valence-electron chi connectivity index (χ0n) is 66.2. The third kappa shape index (κ3) is 7.22. The predicted octanol–water partition coefficient (Wildman–Crippen LogP) is 26.2. The standard InChI is InChI=1S/C118H68BN3/c1-15-45-88-71(30-1)72-31-2-16-46-89(72)115(88)99-56-26-12-43-86(99)111-100(115)62-63-103-114(111)121(69-60-61-82-79-38-7-21-51-94(79)116(101(82)64-69)90-47-17-3-32-73(90)74-33-4-18-48-91(74)116)109-65-70(120-105-57-27-13-41-83(105)84-42-14-28-58-106(84)120)66-110-113(109)119(103)104-67-87-81-40-11-22-52-95(81)117(92-49-19-5-34-75(92)76-35-6-20-50-93(76)117)102(87)68-108(104)122(110)107-59-29-44-85-80-39-10-25-55-98(80)118(112(85)107)96-53-23-8-36-77(96)78-37-9-24-54-97(78)118/h1-68H. The molecule has 0 unspecified atom stereocenters. The molecule has 0 N–H and O–H groups in total. The van der Waals surface area contributed by atoms with Gasteiger partial charge in [-0.15, -0.1) is 0 Å². The summed E-state index contributed by atoms with van der Waals surface area (Å²) >= 11 is 0. The summed E-state index contributed by atoms with van der Waals surface area (Å²) in [7, 11) is 0. The van der Waals surface area contributed by atoms with Gasteiger partial charge in [0, 0.05) is 50.3 Å². The van der Waals surface area contributed by atoms with Crippen molar-refractivity contribution in [1.82, 2.24) is 4.57 Å². The molecule has 20 aromatic rings. The quantitative estimate of drug-likeness (QED) is 0.163. The van der Waals surface area contributed by atoms with E-state index in [9.17, 15) is 0 Å². The summed E-state index contributed by atoms with van der Waals surface area (Å²) in [5.74, 6) is 0. The maximum absolute atomic E-state index is 2.84. The Bertz CT molecular complexity index is 8020. The van der Waals surface area contributed by atoms with Crippen LogP contribution in [0.15, 0.2) is 413 Å². The minimum absolute atomic E-state index is 0.339. The molecule has 0 saturated carbocycles. The van der Waals surface area contributed by atoms with Gasteiger partial charge in [0.2, 0.25) is 0 Å². The van der Waals surface area contributed by atoms with Crippen LogP contribution in [0.1, 0.15) is 89.0 Å². The van der Waals surface area contributed by atoms with Crippen LogP contribution in [0.3, 0.4) is 0 Å². The minimum Gasteiger partial charge on any atom is -0.311 e. The van der Waals surface area contributed by atoms with Crippen LogP contribution in [0.5, 0.6) is 0 Å². The maximum Gasteiger partial charge on any atom is 0.252 e. The van der Waals surface area contributed by atoms with Crippen molar-refractivity contribution in [2.24, 2.45) is 0 Å². The van der Waals surface area contributed by atoms with Crippen molar-refractivity contribution >= 4 is 79.0 Å². The van der Waals surface area contributed by atoms with Crippen LogP contribution < -0.4 is 26.2 Å². The van der Waals surface area contributed by atoms with Crippen LogP contribution in [0.2, 0.25) is 0 Å². The Morgan fingerprint density at radius 2 is 0.525 bits per heavy atom. The molecule has 0 atom stereocenters. The second-order valence-electron chi connectivity index (χ2n) is 35.2. The lowest BCUT2D eigenvalue weighted by molar-refractivity contribution is 0.790. The third-order valence-electron chi connectivity index (χ3n) is 30.6. The van der Waals surface area contributed by atoms with E-state index in [1.54, 1.807) is 0 Å². The van der Waals surface area contributed by atoms with E-state index in [4.69, 9.17) is 0 Å². The van der Waals surface area contributed by atoms with E-state index in [2.05, 4.69) is 427 Å². The van der Waals surface area contributed by atoms with Gasteiger partial charge in [-0.2, -0.15) is 0 Å². The first-order valence-corrected chi connectivity index (χ1v) is 43.2. The summed E-state index contributed by atoms with van der Waals surface area (Å²) in [5.41, 5.74) is 52.7. The zero-order valence-corrected chi connectivity index (χ0v) is 66.2. The molecule has 558 valence electrons. The number of fused-ring (bicyclic) bond motifs is 48. The van der Waals surface area contributed by atoms with Crippen molar-refractivity contribution in [2.75, 3.05) is 9.80 Å². The summed E-state index contributed by atoms with van der Waals surface area (Å²) < 4.78 is 2.61. The van der Waals surface area contributed by atoms with E-state index in [0.717, 1.165) is 39.5 Å². The lowest BCUT2D eigenvalue weighted by Crippen LogP contribution is -2.61. The average molecular weight is 1540 g/mol. The van der Waals surface area contributed by atoms with Crippen LogP contribution in [0.25, 0.3) is 117 Å². The predicted molar refractivity (Wildman–Crippen MR) is 500 cm³/mol. The van der Waals surface area contributed by atoms with Gasteiger partial charge in [-0.1, -0.05) is 364 Å². The zero-order chi connectivity index (χ0) is 79.0. The molecule has 122 heavy (non-hydrogen) atoms. The summed E-state index contributed by atoms with van der Waals surface area (Å²) in [6.07, 6.45) is 0. The molecule has 0 amide bonds. The van der Waals surface area contributed by atoms with Crippen molar-refractivity contribution in [2.45, 2.75) is 21.7 Å². The number of benzene rings is 19. The normalized spacial score (nSPS) is 15.4. The van der Waals surface area contributed by atoms with Gasteiger partial charge in [-0.3, -0.25) is 0 Å². The molecule has 4 heteroatoms. The van der Waals surface area contributed by atoms with Gasteiger partial charge < -0.3 is 14.4 Å². The summed E-state index contributed by atoms with van der Waals surface area (Å²) in [5, 5.41) is 2.43. The van der Waals surface area contributed by atoms with Crippen LogP contribution in [0, 0.1) is 0 Å². The summed E-state index contributed by atoms with van der Waals surface area (Å²) in [6.45, 7) is -0.339. The molecule has 30 rings (SSSR count). The van der Waals surface area contributed by atoms with Gasteiger partial charge in [-0.25, -0.2) is 0 Å².